The van der Waals surface area contributed by atoms with Gasteiger partial charge in [-0.25, -0.2) is 4.39 Å². The zero-order valence-corrected chi connectivity index (χ0v) is 11.6. The van der Waals surface area contributed by atoms with E-state index in [0.717, 1.165) is 22.6 Å². The number of nitrogens with one attached hydrogen (secondary N) is 1. The van der Waals surface area contributed by atoms with Crippen molar-refractivity contribution < 1.29 is 9.13 Å². The average molecular weight is 280 g/mol. The van der Waals surface area contributed by atoms with Crippen LogP contribution in [0.2, 0.25) is 5.02 Å². The van der Waals surface area contributed by atoms with Crippen LogP contribution in [-0.4, -0.2) is 7.11 Å². The maximum Gasteiger partial charge on any atom is 0.123 e. The van der Waals surface area contributed by atoms with Gasteiger partial charge in [0.2, 0.25) is 0 Å². The van der Waals surface area contributed by atoms with Gasteiger partial charge in [-0.1, -0.05) is 11.6 Å². The molecule has 2 aromatic rings. The molecule has 0 radical (unpaired) electrons. The number of methoxy groups -OCH3 is 1. The van der Waals surface area contributed by atoms with Gasteiger partial charge >= 0.3 is 0 Å². The van der Waals surface area contributed by atoms with Crippen molar-refractivity contribution in [3.8, 4) is 5.75 Å². The van der Waals surface area contributed by atoms with Crippen molar-refractivity contribution in [1.82, 2.24) is 0 Å². The molecule has 0 atom stereocenters. The summed E-state index contributed by atoms with van der Waals surface area (Å²) in [5.41, 5.74) is 2.71. The monoisotopic (exact) mass is 279 g/mol. The zero-order valence-electron chi connectivity index (χ0n) is 10.8. The Labute approximate surface area is 117 Å². The highest BCUT2D eigenvalue weighted by atomic mass is 35.5. The maximum atomic E-state index is 13.1. The number of benzene rings is 2. The fourth-order valence-corrected chi connectivity index (χ4v) is 2.05. The second-order valence-corrected chi connectivity index (χ2v) is 4.68. The highest BCUT2D eigenvalue weighted by molar-refractivity contribution is 6.31. The molecule has 0 fully saturated rings. The minimum absolute atomic E-state index is 0.285. The van der Waals surface area contributed by atoms with E-state index in [0.29, 0.717) is 11.6 Å². The van der Waals surface area contributed by atoms with Crippen LogP contribution in [0.25, 0.3) is 0 Å². The van der Waals surface area contributed by atoms with Gasteiger partial charge in [-0.3, -0.25) is 0 Å². The normalized spacial score (nSPS) is 10.3. The van der Waals surface area contributed by atoms with Gasteiger partial charge in [0, 0.05) is 17.3 Å². The third kappa shape index (κ3) is 3.38. The lowest BCUT2D eigenvalue weighted by Crippen LogP contribution is -2.01. The number of hydrogen-bond acceptors (Lipinski definition) is 2. The first kappa shape index (κ1) is 13.7. The molecular weight excluding hydrogens is 265 g/mol. The molecule has 4 heteroatoms. The summed E-state index contributed by atoms with van der Waals surface area (Å²) >= 11 is 6.01. The van der Waals surface area contributed by atoms with E-state index < -0.39 is 0 Å². The van der Waals surface area contributed by atoms with Crippen molar-refractivity contribution in [2.24, 2.45) is 0 Å². The van der Waals surface area contributed by atoms with Crippen molar-refractivity contribution >= 4 is 17.3 Å². The van der Waals surface area contributed by atoms with Crippen LogP contribution in [-0.2, 0) is 6.54 Å². The van der Waals surface area contributed by atoms with Crippen molar-refractivity contribution in [2.75, 3.05) is 12.4 Å². The summed E-state index contributed by atoms with van der Waals surface area (Å²) in [5, 5.41) is 3.77. The average Bonchev–Trinajstić information content (AvgIpc) is 2.40. The van der Waals surface area contributed by atoms with Crippen molar-refractivity contribution in [1.29, 1.82) is 0 Å². The molecule has 1 N–H and O–H groups in total. The molecule has 0 spiro atoms. The number of ether oxygens (including phenoxy) is 1. The van der Waals surface area contributed by atoms with Crippen LogP contribution in [0.4, 0.5) is 10.1 Å². The Bertz CT molecular complexity index is 586. The Morgan fingerprint density at radius 2 is 2.00 bits per heavy atom. The topological polar surface area (TPSA) is 21.3 Å². The number of anilines is 1. The smallest absolute Gasteiger partial charge is 0.123 e. The van der Waals surface area contributed by atoms with Crippen LogP contribution in [0, 0.1) is 12.7 Å². The molecule has 0 aliphatic rings. The van der Waals surface area contributed by atoms with Crippen molar-refractivity contribution in [2.45, 2.75) is 13.5 Å². The Balaban J connectivity index is 2.10. The Kier molecular flexibility index (Phi) is 4.27. The molecule has 100 valence electrons. The summed E-state index contributed by atoms with van der Waals surface area (Å²) in [4.78, 5) is 0. The Morgan fingerprint density at radius 1 is 1.21 bits per heavy atom. The minimum Gasteiger partial charge on any atom is -0.496 e. The molecule has 2 rings (SSSR count). The van der Waals surface area contributed by atoms with Gasteiger partial charge in [0.05, 0.1) is 7.11 Å². The summed E-state index contributed by atoms with van der Waals surface area (Å²) in [5.74, 6) is 0.557. The number of aryl methyl sites for hydroxylation is 1. The third-order valence-corrected chi connectivity index (χ3v) is 3.25. The molecule has 19 heavy (non-hydrogen) atoms. The van der Waals surface area contributed by atoms with Crippen molar-refractivity contribution in [3.05, 3.63) is 58.4 Å². The van der Waals surface area contributed by atoms with Gasteiger partial charge < -0.3 is 10.1 Å². The number of halogens is 2. The summed E-state index contributed by atoms with van der Waals surface area (Å²) in [6.07, 6.45) is 0. The van der Waals surface area contributed by atoms with E-state index in [-0.39, 0.29) is 5.82 Å². The molecule has 0 unspecified atom stereocenters. The van der Waals surface area contributed by atoms with Gasteiger partial charge in [0.15, 0.2) is 0 Å². The maximum absolute atomic E-state index is 13.1. The summed E-state index contributed by atoms with van der Waals surface area (Å²) in [6.45, 7) is 2.45. The second-order valence-electron chi connectivity index (χ2n) is 4.27. The standard InChI is InChI=1S/C15H15ClFNO/c1-10-7-13(4-6-15(10)19-2)18-9-11-8-12(17)3-5-14(11)16/h3-8,18H,9H2,1-2H3. The van der Waals surface area contributed by atoms with Crippen LogP contribution in [0.1, 0.15) is 11.1 Å². The zero-order chi connectivity index (χ0) is 13.8. The van der Waals surface area contributed by atoms with Crippen LogP contribution in [0.5, 0.6) is 5.75 Å². The van der Waals surface area contributed by atoms with Crippen LogP contribution in [0.15, 0.2) is 36.4 Å². The van der Waals surface area contributed by atoms with Crippen molar-refractivity contribution in [3.63, 3.8) is 0 Å². The Morgan fingerprint density at radius 3 is 2.68 bits per heavy atom. The molecule has 0 amide bonds. The number of rotatable bonds is 4. The lowest BCUT2D eigenvalue weighted by atomic mass is 10.2. The van der Waals surface area contributed by atoms with E-state index in [4.69, 9.17) is 16.3 Å². The summed E-state index contributed by atoms with van der Waals surface area (Å²) in [7, 11) is 1.64. The Hall–Kier alpha value is -1.74. The molecule has 0 aliphatic heterocycles. The molecule has 0 saturated heterocycles. The van der Waals surface area contributed by atoms with E-state index in [1.54, 1.807) is 13.2 Å². The molecular formula is C15H15ClFNO. The highest BCUT2D eigenvalue weighted by Gasteiger charge is 2.03. The quantitative estimate of drug-likeness (QED) is 0.895. The summed E-state index contributed by atoms with van der Waals surface area (Å²) < 4.78 is 18.3. The van der Waals surface area contributed by atoms with Crippen LogP contribution < -0.4 is 10.1 Å². The van der Waals surface area contributed by atoms with E-state index in [2.05, 4.69) is 5.32 Å². The van der Waals surface area contributed by atoms with E-state index in [1.807, 2.05) is 25.1 Å². The predicted molar refractivity (Wildman–Crippen MR) is 76.5 cm³/mol. The first-order valence-electron chi connectivity index (χ1n) is 5.92. The van der Waals surface area contributed by atoms with Gasteiger partial charge in [0.1, 0.15) is 11.6 Å². The van der Waals surface area contributed by atoms with E-state index >= 15 is 0 Å². The van der Waals surface area contributed by atoms with Crippen LogP contribution >= 0.6 is 11.6 Å². The van der Waals surface area contributed by atoms with Gasteiger partial charge in [-0.2, -0.15) is 0 Å². The third-order valence-electron chi connectivity index (χ3n) is 2.89. The van der Waals surface area contributed by atoms with Gasteiger partial charge in [-0.05, 0) is 54.4 Å². The first-order chi connectivity index (χ1) is 9.10. The highest BCUT2D eigenvalue weighted by Crippen LogP contribution is 2.23. The SMILES string of the molecule is COc1ccc(NCc2cc(F)ccc2Cl)cc1C. The van der Waals surface area contributed by atoms with Gasteiger partial charge in [0.25, 0.3) is 0 Å². The predicted octanol–water partition coefficient (Wildman–Crippen LogP) is 4.41. The van der Waals surface area contributed by atoms with Gasteiger partial charge in [-0.15, -0.1) is 0 Å². The largest absolute Gasteiger partial charge is 0.496 e. The summed E-state index contributed by atoms with van der Waals surface area (Å²) in [6, 6.07) is 10.1. The van der Waals surface area contributed by atoms with Crippen LogP contribution in [0.3, 0.4) is 0 Å². The molecule has 0 saturated carbocycles. The number of hydrogen-bond donors (Lipinski definition) is 1. The molecule has 0 aromatic heterocycles. The lowest BCUT2D eigenvalue weighted by Gasteiger charge is -2.11. The second kappa shape index (κ2) is 5.93. The molecule has 2 nitrogen and oxygen atoms in total. The molecule has 0 heterocycles. The molecule has 2 aromatic carbocycles. The van der Waals surface area contributed by atoms with E-state index in [9.17, 15) is 4.39 Å². The molecule has 0 bridgehead atoms. The van der Waals surface area contributed by atoms with E-state index in [1.165, 1.54) is 12.1 Å². The minimum atomic E-state index is -0.285. The molecule has 0 aliphatic carbocycles. The fourth-order valence-electron chi connectivity index (χ4n) is 1.86. The first-order valence-corrected chi connectivity index (χ1v) is 6.30. The lowest BCUT2D eigenvalue weighted by molar-refractivity contribution is 0.412. The fraction of sp³-hybridized carbons (Fsp3) is 0.200.